The monoisotopic (exact) mass is 434 g/mol. The zero-order valence-electron chi connectivity index (χ0n) is 19.5. The van der Waals surface area contributed by atoms with Gasteiger partial charge >= 0.3 is 0 Å². The van der Waals surface area contributed by atoms with E-state index in [1.165, 1.54) is 11.1 Å². The predicted octanol–water partition coefficient (Wildman–Crippen LogP) is 2.88. The van der Waals surface area contributed by atoms with Gasteiger partial charge in [0.2, 0.25) is 5.91 Å². The molecule has 0 atom stereocenters. The summed E-state index contributed by atoms with van der Waals surface area (Å²) >= 11 is 0. The van der Waals surface area contributed by atoms with Crippen molar-refractivity contribution < 1.29 is 4.79 Å². The standard InChI is InChI=1S/C27H38N4O/c1-29-16-18-31(19-17-29)22-26(32)28-23-27(20-24-8-4-2-5-9-24)12-14-30(15-13-27)21-25-10-6-3-7-11-25/h2-11H,12-23H2,1H3,(H,28,32). The molecular weight excluding hydrogens is 396 g/mol. The maximum Gasteiger partial charge on any atom is 0.234 e. The molecule has 4 rings (SSSR count). The fourth-order valence-electron chi connectivity index (χ4n) is 5.02. The molecule has 32 heavy (non-hydrogen) atoms. The van der Waals surface area contributed by atoms with Gasteiger partial charge in [-0.2, -0.15) is 0 Å². The second kappa shape index (κ2) is 11.1. The van der Waals surface area contributed by atoms with Crippen molar-refractivity contribution in [1.29, 1.82) is 0 Å². The van der Waals surface area contributed by atoms with Crippen molar-refractivity contribution in [3.63, 3.8) is 0 Å². The van der Waals surface area contributed by atoms with Crippen molar-refractivity contribution in [3.8, 4) is 0 Å². The van der Waals surface area contributed by atoms with Crippen LogP contribution in [0, 0.1) is 5.41 Å². The second-order valence-corrected chi connectivity index (χ2v) is 9.78. The van der Waals surface area contributed by atoms with E-state index < -0.39 is 0 Å². The number of rotatable bonds is 8. The fourth-order valence-corrected chi connectivity index (χ4v) is 5.02. The largest absolute Gasteiger partial charge is 0.354 e. The van der Waals surface area contributed by atoms with Gasteiger partial charge in [-0.3, -0.25) is 14.6 Å². The lowest BCUT2D eigenvalue weighted by Crippen LogP contribution is -2.51. The minimum atomic E-state index is 0.131. The molecule has 5 nitrogen and oxygen atoms in total. The Labute approximate surface area is 193 Å². The molecule has 5 heteroatoms. The third kappa shape index (κ3) is 6.64. The van der Waals surface area contributed by atoms with Crippen LogP contribution in [0.4, 0.5) is 0 Å². The predicted molar refractivity (Wildman–Crippen MR) is 130 cm³/mol. The first-order chi connectivity index (χ1) is 15.6. The first kappa shape index (κ1) is 23.0. The molecule has 172 valence electrons. The van der Waals surface area contributed by atoms with Gasteiger partial charge in [-0.15, -0.1) is 0 Å². The summed E-state index contributed by atoms with van der Waals surface area (Å²) in [6.45, 7) is 8.51. The maximum absolute atomic E-state index is 12.8. The van der Waals surface area contributed by atoms with E-state index in [-0.39, 0.29) is 11.3 Å². The van der Waals surface area contributed by atoms with Crippen molar-refractivity contribution in [2.75, 3.05) is 59.4 Å². The smallest absolute Gasteiger partial charge is 0.234 e. The molecule has 0 bridgehead atoms. The highest BCUT2D eigenvalue weighted by Crippen LogP contribution is 2.35. The molecule has 1 N–H and O–H groups in total. The Bertz CT molecular complexity index is 825. The number of likely N-dealkylation sites (tertiary alicyclic amines) is 1. The highest BCUT2D eigenvalue weighted by molar-refractivity contribution is 5.78. The van der Waals surface area contributed by atoms with Crippen LogP contribution in [-0.4, -0.2) is 80.0 Å². The Kier molecular flexibility index (Phi) is 7.95. The lowest BCUT2D eigenvalue weighted by molar-refractivity contribution is -0.123. The minimum absolute atomic E-state index is 0.131. The third-order valence-corrected chi connectivity index (χ3v) is 7.21. The van der Waals surface area contributed by atoms with Crippen molar-refractivity contribution in [2.24, 2.45) is 5.41 Å². The topological polar surface area (TPSA) is 38.8 Å². The second-order valence-electron chi connectivity index (χ2n) is 9.78. The number of likely N-dealkylation sites (N-methyl/N-ethyl adjacent to an activating group) is 1. The van der Waals surface area contributed by atoms with Crippen LogP contribution in [0.3, 0.4) is 0 Å². The van der Waals surface area contributed by atoms with Crippen molar-refractivity contribution in [3.05, 3.63) is 71.8 Å². The van der Waals surface area contributed by atoms with Crippen LogP contribution in [0.2, 0.25) is 0 Å². The van der Waals surface area contributed by atoms with Crippen molar-refractivity contribution in [1.82, 2.24) is 20.0 Å². The lowest BCUT2D eigenvalue weighted by Gasteiger charge is -2.42. The molecule has 2 aliphatic heterocycles. The SMILES string of the molecule is CN1CCN(CC(=O)NCC2(Cc3ccccc3)CCN(Cc3ccccc3)CC2)CC1. The average Bonchev–Trinajstić information content (AvgIpc) is 2.82. The lowest BCUT2D eigenvalue weighted by atomic mass is 9.73. The molecule has 2 heterocycles. The number of piperidine rings is 1. The molecule has 2 aliphatic rings. The van der Waals surface area contributed by atoms with E-state index >= 15 is 0 Å². The normalized spacial score (nSPS) is 20.2. The van der Waals surface area contributed by atoms with E-state index in [2.05, 4.69) is 87.7 Å². The Hall–Kier alpha value is -2.21. The summed E-state index contributed by atoms with van der Waals surface area (Å²) in [5.41, 5.74) is 2.88. The van der Waals surface area contributed by atoms with Gasteiger partial charge in [0.1, 0.15) is 0 Å². The van der Waals surface area contributed by atoms with Gasteiger partial charge in [0, 0.05) is 39.3 Å². The van der Waals surface area contributed by atoms with Crippen LogP contribution >= 0.6 is 0 Å². The summed E-state index contributed by atoms with van der Waals surface area (Å²) in [7, 11) is 2.15. The first-order valence-electron chi connectivity index (χ1n) is 12.1. The first-order valence-corrected chi connectivity index (χ1v) is 12.1. The Morgan fingerprint density at radius 1 is 0.812 bits per heavy atom. The van der Waals surface area contributed by atoms with Crippen molar-refractivity contribution >= 4 is 5.91 Å². The van der Waals surface area contributed by atoms with Gasteiger partial charge in [0.25, 0.3) is 0 Å². The molecule has 2 aromatic carbocycles. The van der Waals surface area contributed by atoms with Gasteiger partial charge in [-0.05, 0) is 55.9 Å². The summed E-state index contributed by atoms with van der Waals surface area (Å²) in [5.74, 6) is 0.175. The molecule has 2 saturated heterocycles. The Morgan fingerprint density at radius 2 is 1.41 bits per heavy atom. The Balaban J connectivity index is 1.34. The summed E-state index contributed by atoms with van der Waals surface area (Å²) < 4.78 is 0. The van der Waals surface area contributed by atoms with Gasteiger partial charge in [-0.1, -0.05) is 60.7 Å². The fraction of sp³-hybridized carbons (Fsp3) is 0.519. The minimum Gasteiger partial charge on any atom is -0.354 e. The maximum atomic E-state index is 12.8. The van der Waals surface area contributed by atoms with E-state index in [1.54, 1.807) is 0 Å². The summed E-state index contributed by atoms with van der Waals surface area (Å²) in [5, 5.41) is 3.32. The van der Waals surface area contributed by atoms with E-state index in [4.69, 9.17) is 0 Å². The molecule has 2 aromatic rings. The molecule has 0 saturated carbocycles. The number of nitrogens with zero attached hydrogens (tertiary/aromatic N) is 3. The van der Waals surface area contributed by atoms with Gasteiger partial charge < -0.3 is 10.2 Å². The van der Waals surface area contributed by atoms with Crippen LogP contribution in [0.15, 0.2) is 60.7 Å². The third-order valence-electron chi connectivity index (χ3n) is 7.21. The molecule has 0 radical (unpaired) electrons. The molecule has 1 amide bonds. The highest BCUT2D eigenvalue weighted by Gasteiger charge is 2.35. The van der Waals surface area contributed by atoms with Crippen LogP contribution in [0.25, 0.3) is 0 Å². The van der Waals surface area contributed by atoms with Crippen LogP contribution in [0.1, 0.15) is 24.0 Å². The number of carbonyl (C=O) groups is 1. The summed E-state index contributed by atoms with van der Waals surface area (Å²) in [6, 6.07) is 21.5. The van der Waals surface area contributed by atoms with Crippen LogP contribution in [-0.2, 0) is 17.8 Å². The van der Waals surface area contributed by atoms with Crippen molar-refractivity contribution in [2.45, 2.75) is 25.8 Å². The molecule has 0 unspecified atom stereocenters. The van der Waals surface area contributed by atoms with Gasteiger partial charge in [0.05, 0.1) is 6.54 Å². The highest BCUT2D eigenvalue weighted by atomic mass is 16.2. The molecule has 0 aliphatic carbocycles. The van der Waals surface area contributed by atoms with E-state index in [1.807, 2.05) is 0 Å². The quantitative estimate of drug-likeness (QED) is 0.694. The van der Waals surface area contributed by atoms with E-state index in [0.717, 1.165) is 71.6 Å². The summed E-state index contributed by atoms with van der Waals surface area (Å²) in [4.78, 5) is 19.9. The Morgan fingerprint density at radius 3 is 2.03 bits per heavy atom. The average molecular weight is 435 g/mol. The van der Waals surface area contributed by atoms with Crippen LogP contribution in [0.5, 0.6) is 0 Å². The van der Waals surface area contributed by atoms with E-state index in [9.17, 15) is 4.79 Å². The number of benzene rings is 2. The summed E-state index contributed by atoms with van der Waals surface area (Å²) in [6.07, 6.45) is 3.26. The number of piperazine rings is 1. The molecule has 0 aromatic heterocycles. The molecule has 2 fully saturated rings. The van der Waals surface area contributed by atoms with Crippen LogP contribution < -0.4 is 5.32 Å². The molecule has 0 spiro atoms. The van der Waals surface area contributed by atoms with Gasteiger partial charge in [0.15, 0.2) is 0 Å². The number of amides is 1. The van der Waals surface area contributed by atoms with Gasteiger partial charge in [-0.25, -0.2) is 0 Å². The zero-order valence-corrected chi connectivity index (χ0v) is 19.5. The number of hydrogen-bond donors (Lipinski definition) is 1. The molecular formula is C27H38N4O. The van der Waals surface area contributed by atoms with E-state index in [0.29, 0.717) is 6.54 Å². The zero-order chi connectivity index (χ0) is 22.2. The number of nitrogens with one attached hydrogen (secondary N) is 1. The number of carbonyl (C=O) groups excluding carboxylic acids is 1. The number of hydrogen-bond acceptors (Lipinski definition) is 4.